The predicted molar refractivity (Wildman–Crippen MR) is 188 cm³/mol. The second-order valence-corrected chi connectivity index (χ2v) is 19.0. The van der Waals surface area contributed by atoms with E-state index in [9.17, 15) is 0 Å². The lowest BCUT2D eigenvalue weighted by molar-refractivity contribution is 0.0430. The monoisotopic (exact) mass is 801 g/mol. The molecule has 0 aromatic carbocycles. The van der Waals surface area contributed by atoms with Crippen molar-refractivity contribution >= 4 is 0 Å². The van der Waals surface area contributed by atoms with Gasteiger partial charge in [-0.1, -0.05) is 0 Å². The molecule has 0 saturated carbocycles. The normalized spacial score (nSPS) is 48.4. The van der Waals surface area contributed by atoms with E-state index in [1.54, 1.807) is 0 Å². The molecular weight excluding hydrogens is 750 g/mol. The molecule has 18 nitrogen and oxygen atoms in total. The summed E-state index contributed by atoms with van der Waals surface area (Å²) in [7, 11) is 0. The Morgan fingerprint density at radius 2 is 0.930 bits per heavy atom. The number of aromatic nitrogens is 3. The number of rotatable bonds is 24. The molecule has 0 amide bonds. The van der Waals surface area contributed by atoms with Crippen molar-refractivity contribution in [2.75, 3.05) is 66.1 Å². The zero-order valence-electron chi connectivity index (χ0n) is 32.0. The van der Waals surface area contributed by atoms with E-state index in [4.69, 9.17) is 56.8 Å². The van der Waals surface area contributed by atoms with Crippen LogP contribution in [0.15, 0.2) is 14.4 Å². The maximum absolute atomic E-state index is 16.2. The van der Waals surface area contributed by atoms with Crippen LogP contribution >= 0.6 is 0 Å². The van der Waals surface area contributed by atoms with Crippen LogP contribution in [-0.2, 0) is 68.9 Å². The molecule has 0 aliphatic carbocycles. The first-order valence-electron chi connectivity index (χ1n) is 21.3. The summed E-state index contributed by atoms with van der Waals surface area (Å²) in [6.45, 7) is 5.52. The van der Waals surface area contributed by atoms with Gasteiger partial charge in [-0.2, -0.15) is 0 Å². The van der Waals surface area contributed by atoms with Crippen LogP contribution in [0.25, 0.3) is 0 Å². The smallest absolute Gasteiger partial charge is 0.337 e. The van der Waals surface area contributed by atoms with Crippen LogP contribution in [0, 0.1) is 0 Å². The summed E-state index contributed by atoms with van der Waals surface area (Å²) >= 11 is 0. The fourth-order valence-electron chi connectivity index (χ4n) is 11.2. The van der Waals surface area contributed by atoms with Crippen LogP contribution in [0.1, 0.15) is 63.8 Å². The van der Waals surface area contributed by atoms with Crippen LogP contribution in [-0.4, -0.2) is 163 Å². The van der Waals surface area contributed by atoms with Crippen molar-refractivity contribution in [1.29, 1.82) is 0 Å². The zero-order valence-corrected chi connectivity index (χ0v) is 32.0. The quantitative estimate of drug-likeness (QED) is 0.114. The Morgan fingerprint density at radius 3 is 1.40 bits per heavy atom. The Balaban J connectivity index is 1.03. The van der Waals surface area contributed by atoms with Gasteiger partial charge in [0.15, 0.2) is 0 Å². The van der Waals surface area contributed by atoms with E-state index in [1.165, 1.54) is 13.7 Å². The van der Waals surface area contributed by atoms with Gasteiger partial charge in [0.2, 0.25) is 0 Å². The molecule has 13 atom stereocenters. The van der Waals surface area contributed by atoms with Crippen molar-refractivity contribution < 1.29 is 56.8 Å². The van der Waals surface area contributed by atoms with E-state index in [0.29, 0.717) is 124 Å². The number of ether oxygens (including phenoxy) is 12. The lowest BCUT2D eigenvalue weighted by atomic mass is 9.65. The van der Waals surface area contributed by atoms with Crippen LogP contribution < -0.4 is 17.1 Å². The van der Waals surface area contributed by atoms with Gasteiger partial charge in [-0.3, -0.25) is 0 Å². The van der Waals surface area contributed by atoms with Gasteiger partial charge in [-0.05, 0) is 6.42 Å². The van der Waals surface area contributed by atoms with E-state index >= 15 is 14.4 Å². The second-order valence-electron chi connectivity index (χ2n) is 19.0. The molecule has 57 heavy (non-hydrogen) atoms. The molecule has 0 N–H and O–H groups in total. The molecule has 1 aromatic heterocycles. The molecule has 312 valence electrons. The maximum Gasteiger partial charge on any atom is 0.337 e. The highest BCUT2D eigenvalue weighted by Gasteiger charge is 2.82. The van der Waals surface area contributed by atoms with Gasteiger partial charge in [0.05, 0.1) is 145 Å². The molecule has 1 aromatic rings. The molecule has 12 aliphatic heterocycles. The number of hydrogen-bond acceptors (Lipinski definition) is 15. The Morgan fingerprint density at radius 1 is 0.491 bits per heavy atom. The first kappa shape index (κ1) is 35.7. The van der Waals surface area contributed by atoms with Gasteiger partial charge in [-0.15, -0.1) is 0 Å². The lowest BCUT2D eigenvalue weighted by Crippen LogP contribution is -2.67. The molecule has 0 spiro atoms. The Bertz CT molecular complexity index is 1940. The summed E-state index contributed by atoms with van der Waals surface area (Å²) in [6.07, 6.45) is 3.15. The fraction of sp³-hybridized carbons (Fsp3) is 0.923. The average Bonchev–Trinajstić information content (AvgIpc) is 3.90. The van der Waals surface area contributed by atoms with Gasteiger partial charge in [0.25, 0.3) is 0 Å². The van der Waals surface area contributed by atoms with E-state index in [1.807, 2.05) is 0 Å². The molecule has 13 heterocycles. The van der Waals surface area contributed by atoms with Gasteiger partial charge in [0, 0.05) is 51.4 Å². The van der Waals surface area contributed by atoms with E-state index in [-0.39, 0.29) is 67.6 Å². The third-order valence-electron chi connectivity index (χ3n) is 14.8. The van der Waals surface area contributed by atoms with Crippen LogP contribution in [0.5, 0.6) is 0 Å². The van der Waals surface area contributed by atoms with Crippen LogP contribution in [0.4, 0.5) is 0 Å². The maximum atomic E-state index is 16.2. The van der Waals surface area contributed by atoms with Crippen molar-refractivity contribution in [3.05, 3.63) is 31.5 Å². The van der Waals surface area contributed by atoms with Gasteiger partial charge in [0.1, 0.15) is 22.4 Å². The van der Waals surface area contributed by atoms with Gasteiger partial charge < -0.3 is 56.8 Å². The van der Waals surface area contributed by atoms with E-state index in [0.717, 1.165) is 0 Å². The fourth-order valence-corrected chi connectivity index (χ4v) is 11.2. The summed E-state index contributed by atoms with van der Waals surface area (Å²) in [5, 5.41) is 0. The van der Waals surface area contributed by atoms with E-state index in [2.05, 4.69) is 0 Å². The average molecular weight is 802 g/mol. The van der Waals surface area contributed by atoms with Crippen molar-refractivity contribution in [2.45, 2.75) is 159 Å². The third kappa shape index (κ3) is 6.38. The highest BCUT2D eigenvalue weighted by atomic mass is 16.7. The molecule has 13 unspecified atom stereocenters. The topological polar surface area (TPSA) is 216 Å². The van der Waals surface area contributed by atoms with Crippen molar-refractivity contribution in [3.8, 4) is 0 Å². The van der Waals surface area contributed by atoms with Crippen LogP contribution in [0.2, 0.25) is 0 Å². The molecule has 18 heteroatoms. The standard InChI is InChI=1S/C39H51N3O15/c43-32-40(10-30-20-55-30)33(44)42(34(45)41(32)31(1-21-11-46-21)38(8-28-18-53-28)36(56-38,4-24-14-49-24)5-25-15-50-25)35(2-22-12-47-22,3-23-13-48-23)39(9-29-19-54-29)37(57-39,6-26-16-51-26)7-27-17-52-27/h21-31H,1-20H2. The van der Waals surface area contributed by atoms with E-state index < -0.39 is 51.1 Å². The Labute approximate surface area is 327 Å². The minimum absolute atomic E-state index is 0.00760. The first-order chi connectivity index (χ1) is 27.7. The molecule has 13 rings (SSSR count). The first-order valence-corrected chi connectivity index (χ1v) is 21.3. The summed E-state index contributed by atoms with van der Waals surface area (Å²) in [4.78, 5) is 46.9. The largest absolute Gasteiger partial charge is 0.373 e. The molecular formula is C39H51N3O15. The Kier molecular flexibility index (Phi) is 7.68. The SMILES string of the molecule is O=c1n(CC2CO2)c(=O)n(C(CC2CO2)(CC2CO2)C2(CC3CO3)OC2(CC2CO2)CC2CO2)c(=O)n1C(CC1CO1)C1(CC2CO2)OC1(CC1CO1)CC1CO1. The van der Waals surface area contributed by atoms with Crippen molar-refractivity contribution in [1.82, 2.24) is 13.7 Å². The molecule has 0 bridgehead atoms. The Hall–Kier alpha value is -2.07. The predicted octanol–water partition coefficient (Wildman–Crippen LogP) is -1.08. The van der Waals surface area contributed by atoms with Crippen molar-refractivity contribution in [3.63, 3.8) is 0 Å². The van der Waals surface area contributed by atoms with Crippen LogP contribution in [0.3, 0.4) is 0 Å². The number of nitrogens with zero attached hydrogens (tertiary/aromatic N) is 3. The summed E-state index contributed by atoms with van der Waals surface area (Å²) < 4.78 is 77.0. The van der Waals surface area contributed by atoms with Gasteiger partial charge >= 0.3 is 17.1 Å². The zero-order chi connectivity index (χ0) is 37.9. The highest BCUT2D eigenvalue weighted by Crippen LogP contribution is 2.69. The summed E-state index contributed by atoms with van der Waals surface area (Å²) in [5.74, 6) is 0. The van der Waals surface area contributed by atoms with Gasteiger partial charge in [-0.25, -0.2) is 28.1 Å². The molecule has 12 saturated heterocycles. The molecule has 12 fully saturated rings. The third-order valence-corrected chi connectivity index (χ3v) is 14.8. The molecule has 0 radical (unpaired) electrons. The minimum Gasteiger partial charge on any atom is -0.373 e. The second kappa shape index (κ2) is 12.3. The highest BCUT2D eigenvalue weighted by molar-refractivity contribution is 5.31. The number of hydrogen-bond donors (Lipinski definition) is 0. The lowest BCUT2D eigenvalue weighted by Gasteiger charge is -2.42. The number of epoxide rings is 12. The summed E-state index contributed by atoms with van der Waals surface area (Å²) in [5.41, 5.74) is -6.87. The minimum atomic E-state index is -1.29. The molecule has 12 aliphatic rings. The summed E-state index contributed by atoms with van der Waals surface area (Å²) in [6, 6.07) is -0.788. The van der Waals surface area contributed by atoms with Crippen molar-refractivity contribution in [2.24, 2.45) is 0 Å².